The lowest BCUT2D eigenvalue weighted by atomic mass is 10.3. The summed E-state index contributed by atoms with van der Waals surface area (Å²) in [6.07, 6.45) is 1.50. The normalized spacial score (nSPS) is 10.5. The molecule has 2 rings (SSSR count). The van der Waals surface area contributed by atoms with Gasteiger partial charge in [-0.25, -0.2) is 9.31 Å². The van der Waals surface area contributed by atoms with Crippen molar-refractivity contribution < 1.29 is 9.90 Å². The molecule has 0 bridgehead atoms. The second-order valence-electron chi connectivity index (χ2n) is 2.88. The number of aryl methyl sites for hydroxylation is 1. The van der Waals surface area contributed by atoms with Crippen molar-refractivity contribution in [1.29, 1.82) is 0 Å². The molecule has 1 N–H and O–H groups in total. The highest BCUT2D eigenvalue weighted by Gasteiger charge is 2.06. The van der Waals surface area contributed by atoms with Crippen LogP contribution in [0.25, 0.3) is 5.52 Å². The molecule has 13 heavy (non-hydrogen) atoms. The lowest BCUT2D eigenvalue weighted by Crippen LogP contribution is -1.93. The van der Waals surface area contributed by atoms with Crippen LogP contribution in [0.15, 0.2) is 24.4 Å². The minimum absolute atomic E-state index is 0.262. The molecule has 0 fully saturated rings. The van der Waals surface area contributed by atoms with Crippen molar-refractivity contribution in [1.82, 2.24) is 9.61 Å². The number of fused-ring (bicyclic) bond motifs is 1. The highest BCUT2D eigenvalue weighted by atomic mass is 16.4. The second kappa shape index (κ2) is 2.58. The molecule has 0 atom stereocenters. The fourth-order valence-electron chi connectivity index (χ4n) is 1.21. The lowest BCUT2D eigenvalue weighted by Gasteiger charge is -1.93. The van der Waals surface area contributed by atoms with Gasteiger partial charge in [-0.15, -0.1) is 0 Å². The summed E-state index contributed by atoms with van der Waals surface area (Å²) in [6, 6.07) is 5.28. The second-order valence-corrected chi connectivity index (χ2v) is 2.88. The Balaban J connectivity index is 2.68. The molecule has 66 valence electrons. The molecular weight excluding hydrogens is 168 g/mol. The van der Waals surface area contributed by atoms with Crippen LogP contribution in [0.1, 0.15) is 16.1 Å². The Bertz CT molecular complexity index is 473. The fraction of sp³-hybridized carbons (Fsp3) is 0.111. The summed E-state index contributed by atoms with van der Waals surface area (Å²) >= 11 is 0. The standard InChI is InChI=1S/C9H8N2O2/c1-6-2-3-8-4-7(9(12)13)5-11(8)10-6/h2-5H,1H3,(H,12,13). The predicted molar refractivity (Wildman–Crippen MR) is 46.9 cm³/mol. The maximum Gasteiger partial charge on any atom is 0.337 e. The number of carboxylic acid groups (broad SMARTS) is 1. The van der Waals surface area contributed by atoms with E-state index in [0.717, 1.165) is 11.2 Å². The summed E-state index contributed by atoms with van der Waals surface area (Å²) in [7, 11) is 0. The fourth-order valence-corrected chi connectivity index (χ4v) is 1.21. The molecule has 2 aromatic heterocycles. The van der Waals surface area contributed by atoms with E-state index in [1.165, 1.54) is 6.20 Å². The average molecular weight is 176 g/mol. The Hall–Kier alpha value is -1.84. The van der Waals surface area contributed by atoms with E-state index < -0.39 is 5.97 Å². The van der Waals surface area contributed by atoms with Crippen LogP contribution in [0.2, 0.25) is 0 Å². The van der Waals surface area contributed by atoms with Crippen molar-refractivity contribution in [2.75, 3.05) is 0 Å². The van der Waals surface area contributed by atoms with E-state index in [1.807, 2.05) is 19.1 Å². The quantitative estimate of drug-likeness (QED) is 0.713. The molecule has 0 unspecified atom stereocenters. The first kappa shape index (κ1) is 7.79. The molecule has 4 heteroatoms. The van der Waals surface area contributed by atoms with Gasteiger partial charge < -0.3 is 5.11 Å². The van der Waals surface area contributed by atoms with Crippen LogP contribution in [0.4, 0.5) is 0 Å². The molecule has 0 spiro atoms. The molecule has 0 radical (unpaired) electrons. The Morgan fingerprint density at radius 1 is 1.54 bits per heavy atom. The van der Waals surface area contributed by atoms with Crippen LogP contribution < -0.4 is 0 Å². The van der Waals surface area contributed by atoms with Crippen LogP contribution in [-0.4, -0.2) is 20.7 Å². The first-order chi connectivity index (χ1) is 6.16. The van der Waals surface area contributed by atoms with Gasteiger partial charge in [-0.05, 0) is 25.1 Å². The van der Waals surface area contributed by atoms with Crippen LogP contribution in [0.5, 0.6) is 0 Å². The Morgan fingerprint density at radius 3 is 3.00 bits per heavy atom. The van der Waals surface area contributed by atoms with Gasteiger partial charge in [-0.3, -0.25) is 0 Å². The Morgan fingerprint density at radius 2 is 2.31 bits per heavy atom. The molecule has 0 amide bonds. The first-order valence-corrected chi connectivity index (χ1v) is 3.86. The van der Waals surface area contributed by atoms with Gasteiger partial charge in [-0.1, -0.05) is 0 Å². The van der Waals surface area contributed by atoms with Crippen molar-refractivity contribution in [3.63, 3.8) is 0 Å². The SMILES string of the molecule is Cc1ccc2cc(C(=O)O)cn2n1. The number of nitrogens with zero attached hydrogens (tertiary/aromatic N) is 2. The van der Waals surface area contributed by atoms with E-state index in [9.17, 15) is 4.79 Å². The molecule has 0 aliphatic rings. The van der Waals surface area contributed by atoms with Gasteiger partial charge in [0.15, 0.2) is 0 Å². The Kier molecular flexibility index (Phi) is 1.55. The van der Waals surface area contributed by atoms with Crippen molar-refractivity contribution in [2.45, 2.75) is 6.92 Å². The molecule has 0 aromatic carbocycles. The van der Waals surface area contributed by atoms with Crippen LogP contribution >= 0.6 is 0 Å². The summed E-state index contributed by atoms with van der Waals surface area (Å²) in [5, 5.41) is 12.8. The summed E-state index contributed by atoms with van der Waals surface area (Å²) in [6.45, 7) is 1.86. The van der Waals surface area contributed by atoms with Crippen molar-refractivity contribution in [3.8, 4) is 0 Å². The molecule has 2 aromatic rings. The van der Waals surface area contributed by atoms with Crippen LogP contribution in [0, 0.1) is 6.92 Å². The van der Waals surface area contributed by atoms with Crippen molar-refractivity contribution in [2.24, 2.45) is 0 Å². The number of aromatic carboxylic acids is 1. The molecule has 0 aliphatic heterocycles. The third-order valence-corrected chi connectivity index (χ3v) is 1.84. The predicted octanol–water partition coefficient (Wildman–Crippen LogP) is 1.34. The van der Waals surface area contributed by atoms with Crippen LogP contribution in [0.3, 0.4) is 0 Å². The topological polar surface area (TPSA) is 54.6 Å². The number of hydrogen-bond acceptors (Lipinski definition) is 2. The largest absolute Gasteiger partial charge is 0.478 e. The molecule has 0 saturated carbocycles. The zero-order chi connectivity index (χ0) is 9.42. The lowest BCUT2D eigenvalue weighted by molar-refractivity contribution is 0.0697. The van der Waals surface area contributed by atoms with Gasteiger partial charge in [0.2, 0.25) is 0 Å². The first-order valence-electron chi connectivity index (χ1n) is 3.86. The summed E-state index contributed by atoms with van der Waals surface area (Å²) < 4.78 is 1.57. The maximum atomic E-state index is 10.6. The maximum absolute atomic E-state index is 10.6. The number of rotatable bonds is 1. The van der Waals surface area contributed by atoms with E-state index in [2.05, 4.69) is 5.10 Å². The average Bonchev–Trinajstić information content (AvgIpc) is 2.46. The number of carbonyl (C=O) groups is 1. The molecule has 2 heterocycles. The zero-order valence-electron chi connectivity index (χ0n) is 7.06. The smallest absolute Gasteiger partial charge is 0.337 e. The highest BCUT2D eigenvalue weighted by molar-refractivity contribution is 5.89. The number of aromatic nitrogens is 2. The number of hydrogen-bond donors (Lipinski definition) is 1. The van der Waals surface area contributed by atoms with E-state index in [1.54, 1.807) is 10.6 Å². The van der Waals surface area contributed by atoms with E-state index in [-0.39, 0.29) is 5.56 Å². The minimum atomic E-state index is -0.928. The summed E-state index contributed by atoms with van der Waals surface area (Å²) in [4.78, 5) is 10.6. The van der Waals surface area contributed by atoms with Crippen LogP contribution in [-0.2, 0) is 0 Å². The van der Waals surface area contributed by atoms with E-state index in [0.29, 0.717) is 0 Å². The van der Waals surface area contributed by atoms with Crippen molar-refractivity contribution in [3.05, 3.63) is 35.7 Å². The van der Waals surface area contributed by atoms with Gasteiger partial charge in [0.25, 0.3) is 0 Å². The van der Waals surface area contributed by atoms with Gasteiger partial charge in [-0.2, -0.15) is 5.10 Å². The van der Waals surface area contributed by atoms with Gasteiger partial charge in [0, 0.05) is 6.20 Å². The minimum Gasteiger partial charge on any atom is -0.478 e. The monoisotopic (exact) mass is 176 g/mol. The molecule has 4 nitrogen and oxygen atoms in total. The third kappa shape index (κ3) is 1.26. The third-order valence-electron chi connectivity index (χ3n) is 1.84. The molecular formula is C9H8N2O2. The van der Waals surface area contributed by atoms with E-state index >= 15 is 0 Å². The molecule has 0 saturated heterocycles. The van der Waals surface area contributed by atoms with Gasteiger partial charge in [0.1, 0.15) is 0 Å². The Labute approximate surface area is 74.4 Å². The zero-order valence-corrected chi connectivity index (χ0v) is 7.06. The summed E-state index contributed by atoms with van der Waals surface area (Å²) in [5.41, 5.74) is 1.92. The van der Waals surface area contributed by atoms with E-state index in [4.69, 9.17) is 5.11 Å². The highest BCUT2D eigenvalue weighted by Crippen LogP contribution is 2.08. The molecule has 0 aliphatic carbocycles. The van der Waals surface area contributed by atoms with Gasteiger partial charge in [0.05, 0.1) is 16.8 Å². The number of carboxylic acids is 1. The van der Waals surface area contributed by atoms with Crippen molar-refractivity contribution >= 4 is 11.5 Å². The summed E-state index contributed by atoms with van der Waals surface area (Å²) in [5.74, 6) is -0.928. The van der Waals surface area contributed by atoms with Gasteiger partial charge >= 0.3 is 5.97 Å².